The zero-order valence-electron chi connectivity index (χ0n) is 10.4. The van der Waals surface area contributed by atoms with E-state index in [4.69, 9.17) is 5.26 Å². The van der Waals surface area contributed by atoms with E-state index < -0.39 is 4.92 Å². The van der Waals surface area contributed by atoms with Crippen molar-refractivity contribution in [3.8, 4) is 6.07 Å². The average molecular weight is 286 g/mol. The lowest BCUT2D eigenvalue weighted by Gasteiger charge is -2.04. The molecule has 20 heavy (non-hydrogen) atoms. The van der Waals surface area contributed by atoms with Crippen LogP contribution < -0.4 is 5.32 Å². The van der Waals surface area contributed by atoms with Gasteiger partial charge in [-0.2, -0.15) is 5.26 Å². The number of hydrogen-bond donors (Lipinski definition) is 1. The minimum Gasteiger partial charge on any atom is -0.330 e. The predicted octanol–water partition coefficient (Wildman–Crippen LogP) is 3.54. The number of nitro benzene ring substituents is 1. The Hall–Kier alpha value is -2.46. The number of benzene rings is 1. The van der Waals surface area contributed by atoms with E-state index in [-0.39, 0.29) is 11.3 Å². The standard InChI is InChI=1S/C13H10N4O2S/c14-6-9-5-10(17(18)19)3-4-11(9)15-13-16-12(7-20-13)8-1-2-8/h3-5,7-8H,1-2H2,(H,15,16). The molecule has 6 nitrogen and oxygen atoms in total. The highest BCUT2D eigenvalue weighted by Crippen LogP contribution is 2.41. The lowest BCUT2D eigenvalue weighted by Crippen LogP contribution is -1.96. The molecule has 0 aliphatic heterocycles. The fourth-order valence-corrected chi connectivity index (χ4v) is 2.68. The SMILES string of the molecule is N#Cc1cc([N+](=O)[O-])ccc1Nc1nc(C2CC2)cs1. The molecule has 0 radical (unpaired) electrons. The van der Waals surface area contributed by atoms with Gasteiger partial charge in [-0.1, -0.05) is 0 Å². The fraction of sp³-hybridized carbons (Fsp3) is 0.231. The summed E-state index contributed by atoms with van der Waals surface area (Å²) in [5, 5.41) is 25.5. The average Bonchev–Trinajstić information content (AvgIpc) is 3.19. The molecule has 0 unspecified atom stereocenters. The zero-order chi connectivity index (χ0) is 14.1. The number of thiazole rings is 1. The molecule has 2 aromatic rings. The highest BCUT2D eigenvalue weighted by Gasteiger charge is 2.26. The van der Waals surface area contributed by atoms with Crippen molar-refractivity contribution >= 4 is 27.8 Å². The van der Waals surface area contributed by atoms with Crippen LogP contribution in [-0.4, -0.2) is 9.91 Å². The predicted molar refractivity (Wildman–Crippen MR) is 75.2 cm³/mol. The Labute approximate surface area is 118 Å². The van der Waals surface area contributed by atoms with Crippen molar-refractivity contribution in [3.63, 3.8) is 0 Å². The molecule has 3 rings (SSSR count). The Bertz CT molecular complexity index is 715. The quantitative estimate of drug-likeness (QED) is 0.685. The van der Waals surface area contributed by atoms with Crippen LogP contribution in [0, 0.1) is 21.4 Å². The van der Waals surface area contributed by atoms with Crippen molar-refractivity contribution in [1.82, 2.24) is 4.98 Å². The van der Waals surface area contributed by atoms with E-state index >= 15 is 0 Å². The highest BCUT2D eigenvalue weighted by atomic mass is 32.1. The zero-order valence-corrected chi connectivity index (χ0v) is 11.2. The second-order valence-corrected chi connectivity index (χ2v) is 5.43. The van der Waals surface area contributed by atoms with Gasteiger partial charge in [-0.05, 0) is 18.9 Å². The molecule has 0 bridgehead atoms. The van der Waals surface area contributed by atoms with Crippen LogP contribution in [0.2, 0.25) is 0 Å². The molecule has 0 saturated heterocycles. The van der Waals surface area contributed by atoms with Gasteiger partial charge < -0.3 is 5.32 Å². The highest BCUT2D eigenvalue weighted by molar-refractivity contribution is 7.13. The number of aromatic nitrogens is 1. The van der Waals surface area contributed by atoms with Crippen LogP contribution in [0.15, 0.2) is 23.6 Å². The summed E-state index contributed by atoms with van der Waals surface area (Å²) in [6.45, 7) is 0. The number of rotatable bonds is 4. The van der Waals surface area contributed by atoms with Crippen molar-refractivity contribution in [1.29, 1.82) is 5.26 Å². The van der Waals surface area contributed by atoms with Crippen LogP contribution in [0.1, 0.15) is 30.0 Å². The maximum Gasteiger partial charge on any atom is 0.270 e. The molecule has 100 valence electrons. The normalized spacial score (nSPS) is 13.8. The molecule has 1 heterocycles. The molecular weight excluding hydrogens is 276 g/mol. The minimum atomic E-state index is -0.515. The number of nitrogens with zero attached hydrogens (tertiary/aromatic N) is 3. The van der Waals surface area contributed by atoms with Crippen molar-refractivity contribution in [2.45, 2.75) is 18.8 Å². The summed E-state index contributed by atoms with van der Waals surface area (Å²) >= 11 is 1.48. The van der Waals surface area contributed by atoms with E-state index in [1.54, 1.807) is 0 Å². The summed E-state index contributed by atoms with van der Waals surface area (Å²) in [4.78, 5) is 14.6. The molecule has 1 aromatic carbocycles. The van der Waals surface area contributed by atoms with Crippen LogP contribution in [0.25, 0.3) is 0 Å². The maximum atomic E-state index is 10.7. The van der Waals surface area contributed by atoms with Gasteiger partial charge in [0.05, 0.1) is 21.9 Å². The summed E-state index contributed by atoms with van der Waals surface area (Å²) in [7, 11) is 0. The summed E-state index contributed by atoms with van der Waals surface area (Å²) in [5.41, 5.74) is 1.76. The number of nitrogens with one attached hydrogen (secondary N) is 1. The van der Waals surface area contributed by atoms with E-state index in [9.17, 15) is 10.1 Å². The summed E-state index contributed by atoms with van der Waals surface area (Å²) in [6, 6.07) is 6.13. The number of nitro groups is 1. The lowest BCUT2D eigenvalue weighted by atomic mass is 10.2. The van der Waals surface area contributed by atoms with Gasteiger partial charge in [0, 0.05) is 23.4 Å². The molecule has 1 N–H and O–H groups in total. The largest absolute Gasteiger partial charge is 0.330 e. The molecule has 0 spiro atoms. The van der Waals surface area contributed by atoms with Gasteiger partial charge in [-0.25, -0.2) is 4.98 Å². The van der Waals surface area contributed by atoms with Gasteiger partial charge in [0.1, 0.15) is 6.07 Å². The molecule has 1 fully saturated rings. The molecule has 1 aliphatic rings. The van der Waals surface area contributed by atoms with E-state index in [1.165, 1.54) is 42.4 Å². The van der Waals surface area contributed by atoms with Crippen LogP contribution in [-0.2, 0) is 0 Å². The molecule has 1 saturated carbocycles. The number of hydrogen-bond acceptors (Lipinski definition) is 6. The van der Waals surface area contributed by atoms with E-state index in [0.29, 0.717) is 16.7 Å². The van der Waals surface area contributed by atoms with Gasteiger partial charge in [0.15, 0.2) is 5.13 Å². The van der Waals surface area contributed by atoms with Gasteiger partial charge in [0.2, 0.25) is 0 Å². The van der Waals surface area contributed by atoms with Gasteiger partial charge in [-0.3, -0.25) is 10.1 Å². The summed E-state index contributed by atoms with van der Waals surface area (Å²) < 4.78 is 0. The monoisotopic (exact) mass is 286 g/mol. The van der Waals surface area contributed by atoms with E-state index in [0.717, 1.165) is 5.69 Å². The van der Waals surface area contributed by atoms with Crippen LogP contribution in [0.3, 0.4) is 0 Å². The third kappa shape index (κ3) is 2.46. The first-order chi connectivity index (χ1) is 9.67. The first kappa shape index (κ1) is 12.6. The lowest BCUT2D eigenvalue weighted by molar-refractivity contribution is -0.384. The van der Waals surface area contributed by atoms with Gasteiger partial charge >= 0.3 is 0 Å². The van der Waals surface area contributed by atoms with Gasteiger partial charge in [0.25, 0.3) is 5.69 Å². The minimum absolute atomic E-state index is 0.0927. The van der Waals surface area contributed by atoms with Crippen molar-refractivity contribution in [2.24, 2.45) is 0 Å². The van der Waals surface area contributed by atoms with Crippen molar-refractivity contribution < 1.29 is 4.92 Å². The Morgan fingerprint density at radius 3 is 2.95 bits per heavy atom. The van der Waals surface area contributed by atoms with Crippen LogP contribution in [0.5, 0.6) is 0 Å². The van der Waals surface area contributed by atoms with Crippen LogP contribution in [0.4, 0.5) is 16.5 Å². The molecule has 1 aliphatic carbocycles. The maximum absolute atomic E-state index is 10.7. The first-order valence-electron chi connectivity index (χ1n) is 6.08. The molecule has 1 aromatic heterocycles. The Morgan fingerprint density at radius 1 is 1.50 bits per heavy atom. The smallest absolute Gasteiger partial charge is 0.270 e. The second kappa shape index (κ2) is 4.90. The molecular formula is C13H10N4O2S. The van der Waals surface area contributed by atoms with Crippen molar-refractivity contribution in [3.05, 3.63) is 45.0 Å². The van der Waals surface area contributed by atoms with E-state index in [2.05, 4.69) is 10.3 Å². The molecule has 7 heteroatoms. The Kier molecular flexibility index (Phi) is 3.08. The number of nitriles is 1. The fourth-order valence-electron chi connectivity index (χ4n) is 1.87. The summed E-state index contributed by atoms with van der Waals surface area (Å²) in [5.74, 6) is 0.578. The number of anilines is 2. The van der Waals surface area contributed by atoms with Gasteiger partial charge in [-0.15, -0.1) is 11.3 Å². The molecule has 0 atom stereocenters. The number of non-ortho nitro benzene ring substituents is 1. The van der Waals surface area contributed by atoms with Crippen molar-refractivity contribution in [2.75, 3.05) is 5.32 Å². The second-order valence-electron chi connectivity index (χ2n) is 4.58. The third-order valence-electron chi connectivity index (χ3n) is 3.09. The Morgan fingerprint density at radius 2 is 2.30 bits per heavy atom. The van der Waals surface area contributed by atoms with Crippen LogP contribution >= 0.6 is 11.3 Å². The first-order valence-corrected chi connectivity index (χ1v) is 6.96. The van der Waals surface area contributed by atoms with E-state index in [1.807, 2.05) is 11.4 Å². The molecule has 0 amide bonds. The topological polar surface area (TPSA) is 91.8 Å². The Balaban J connectivity index is 1.85. The third-order valence-corrected chi connectivity index (χ3v) is 3.87. The summed E-state index contributed by atoms with van der Waals surface area (Å²) in [6.07, 6.45) is 2.37.